The minimum absolute atomic E-state index is 0.0258. The van der Waals surface area contributed by atoms with Crippen molar-refractivity contribution in [2.75, 3.05) is 7.11 Å². The zero-order chi connectivity index (χ0) is 11.6. The smallest absolute Gasteiger partial charge is 0.264 e. The van der Waals surface area contributed by atoms with E-state index in [9.17, 15) is 8.42 Å². The van der Waals surface area contributed by atoms with Gasteiger partial charge in [-0.1, -0.05) is 26.0 Å². The molecule has 0 saturated heterocycles. The maximum absolute atomic E-state index is 11.3. The minimum Gasteiger partial charge on any atom is -0.495 e. The second kappa shape index (κ2) is 4.41. The molecule has 5 heteroatoms. The number of benzene rings is 1. The molecule has 1 aromatic rings. The normalized spacial score (nSPS) is 11.8. The fourth-order valence-electron chi connectivity index (χ4n) is 1.40. The number of rotatable bonds is 3. The summed E-state index contributed by atoms with van der Waals surface area (Å²) in [6, 6.07) is 4.93. The summed E-state index contributed by atoms with van der Waals surface area (Å²) in [5, 5.41) is 0. The van der Waals surface area contributed by atoms with Crippen molar-refractivity contribution in [3.8, 4) is 5.75 Å². The van der Waals surface area contributed by atoms with Crippen molar-refractivity contribution in [2.24, 2.45) is 0 Å². The molecule has 0 fully saturated rings. The predicted molar refractivity (Wildman–Crippen MR) is 60.1 cm³/mol. The lowest BCUT2D eigenvalue weighted by Crippen LogP contribution is -2.01. The summed E-state index contributed by atoms with van der Waals surface area (Å²) < 4.78 is 27.6. The van der Waals surface area contributed by atoms with Crippen LogP contribution in [0.5, 0.6) is 5.75 Å². The highest BCUT2D eigenvalue weighted by Crippen LogP contribution is 2.34. The van der Waals surface area contributed by atoms with Gasteiger partial charge in [0.05, 0.1) is 7.11 Å². The molecule has 0 aliphatic carbocycles. The molecule has 0 unspecified atom stereocenters. The number of para-hydroxylation sites is 1. The molecule has 0 heterocycles. The maximum Gasteiger partial charge on any atom is 0.264 e. The van der Waals surface area contributed by atoms with E-state index in [2.05, 4.69) is 0 Å². The molecular formula is C10H13ClO3S. The molecule has 1 rings (SSSR count). The van der Waals surface area contributed by atoms with Crippen LogP contribution in [0.2, 0.25) is 0 Å². The Hall–Kier alpha value is -0.740. The molecule has 0 aromatic heterocycles. The Morgan fingerprint density at radius 3 is 2.33 bits per heavy atom. The van der Waals surface area contributed by atoms with Crippen LogP contribution in [0.1, 0.15) is 25.3 Å². The fraction of sp³-hybridized carbons (Fsp3) is 0.400. The molecular weight excluding hydrogens is 236 g/mol. The Balaban J connectivity index is 3.49. The summed E-state index contributed by atoms with van der Waals surface area (Å²) in [5.74, 6) is 0.515. The van der Waals surface area contributed by atoms with Crippen molar-refractivity contribution in [2.45, 2.75) is 24.7 Å². The van der Waals surface area contributed by atoms with Gasteiger partial charge in [0.2, 0.25) is 0 Å². The zero-order valence-corrected chi connectivity index (χ0v) is 10.4. The lowest BCUT2D eigenvalue weighted by molar-refractivity contribution is 0.396. The molecule has 0 saturated carbocycles. The van der Waals surface area contributed by atoms with Gasteiger partial charge in [-0.15, -0.1) is 0 Å². The molecule has 0 amide bonds. The average molecular weight is 249 g/mol. The highest BCUT2D eigenvalue weighted by atomic mass is 35.7. The summed E-state index contributed by atoms with van der Waals surface area (Å²) >= 11 is 0. The number of hydrogen-bond donors (Lipinski definition) is 0. The van der Waals surface area contributed by atoms with Crippen molar-refractivity contribution in [3.63, 3.8) is 0 Å². The van der Waals surface area contributed by atoms with Crippen LogP contribution in [0.25, 0.3) is 0 Å². The van der Waals surface area contributed by atoms with Crippen LogP contribution in [0, 0.1) is 0 Å². The van der Waals surface area contributed by atoms with Crippen LogP contribution in [0.15, 0.2) is 23.1 Å². The molecule has 0 spiro atoms. The molecule has 1 aromatic carbocycles. The van der Waals surface area contributed by atoms with E-state index in [1.54, 1.807) is 6.07 Å². The largest absolute Gasteiger partial charge is 0.495 e. The second-order valence-corrected chi connectivity index (χ2v) is 6.01. The quantitative estimate of drug-likeness (QED) is 0.773. The SMILES string of the molecule is COc1c(C(C)C)cccc1S(=O)(=O)Cl. The first kappa shape index (κ1) is 12.3. The van der Waals surface area contributed by atoms with Crippen LogP contribution in [0.3, 0.4) is 0 Å². The Kier molecular flexibility index (Phi) is 3.62. The lowest BCUT2D eigenvalue weighted by atomic mass is 10.0. The first-order chi connectivity index (χ1) is 6.88. The summed E-state index contributed by atoms with van der Waals surface area (Å²) in [6.45, 7) is 3.92. The molecule has 15 heavy (non-hydrogen) atoms. The standard InChI is InChI=1S/C10H13ClO3S/c1-7(2)8-5-4-6-9(10(8)14-3)15(11,12)13/h4-7H,1-3H3. The first-order valence-corrected chi connectivity index (χ1v) is 6.80. The lowest BCUT2D eigenvalue weighted by Gasteiger charge is -2.13. The number of hydrogen-bond acceptors (Lipinski definition) is 3. The third kappa shape index (κ3) is 2.63. The van der Waals surface area contributed by atoms with Gasteiger partial charge in [0.1, 0.15) is 10.6 Å². The molecule has 0 aliphatic rings. The van der Waals surface area contributed by atoms with Gasteiger partial charge in [0.25, 0.3) is 9.05 Å². The van der Waals surface area contributed by atoms with Gasteiger partial charge < -0.3 is 4.74 Å². The van der Waals surface area contributed by atoms with Crippen LogP contribution in [-0.2, 0) is 9.05 Å². The average Bonchev–Trinajstić information content (AvgIpc) is 2.15. The number of ether oxygens (including phenoxy) is 1. The van der Waals surface area contributed by atoms with E-state index in [0.717, 1.165) is 5.56 Å². The van der Waals surface area contributed by atoms with Crippen LogP contribution < -0.4 is 4.74 Å². The highest BCUT2D eigenvalue weighted by molar-refractivity contribution is 8.13. The molecule has 0 radical (unpaired) electrons. The van der Waals surface area contributed by atoms with Gasteiger partial charge in [0.15, 0.2) is 0 Å². The van der Waals surface area contributed by atoms with Gasteiger partial charge in [-0.2, -0.15) is 0 Å². The van der Waals surface area contributed by atoms with Crippen molar-refractivity contribution >= 4 is 19.7 Å². The molecule has 0 N–H and O–H groups in total. The van der Waals surface area contributed by atoms with Gasteiger partial charge >= 0.3 is 0 Å². The molecule has 0 atom stereocenters. The first-order valence-electron chi connectivity index (χ1n) is 4.49. The monoisotopic (exact) mass is 248 g/mol. The van der Waals surface area contributed by atoms with Crippen LogP contribution >= 0.6 is 10.7 Å². The molecule has 0 bridgehead atoms. The Bertz CT molecular complexity index is 452. The van der Waals surface area contributed by atoms with Crippen LogP contribution in [0.4, 0.5) is 0 Å². The van der Waals surface area contributed by atoms with Crippen LogP contribution in [-0.4, -0.2) is 15.5 Å². The van der Waals surface area contributed by atoms with E-state index >= 15 is 0 Å². The van der Waals surface area contributed by atoms with Crippen molar-refractivity contribution in [1.82, 2.24) is 0 Å². The van der Waals surface area contributed by atoms with Crippen molar-refractivity contribution in [3.05, 3.63) is 23.8 Å². The maximum atomic E-state index is 11.3. The van der Waals surface area contributed by atoms with Gasteiger partial charge in [0, 0.05) is 10.7 Å². The Labute approximate surface area is 94.4 Å². The summed E-state index contributed by atoms with van der Waals surface area (Å²) in [5.41, 5.74) is 0.833. The predicted octanol–water partition coefficient (Wildman–Crippen LogP) is 2.75. The van der Waals surface area contributed by atoms with E-state index in [4.69, 9.17) is 15.4 Å². The topological polar surface area (TPSA) is 43.4 Å². The molecule has 3 nitrogen and oxygen atoms in total. The summed E-state index contributed by atoms with van der Waals surface area (Å²) in [7, 11) is 2.99. The minimum atomic E-state index is -3.75. The van der Waals surface area contributed by atoms with Crippen molar-refractivity contribution < 1.29 is 13.2 Å². The fourth-order valence-corrected chi connectivity index (χ4v) is 2.43. The van der Waals surface area contributed by atoms with Gasteiger partial charge in [-0.3, -0.25) is 0 Å². The van der Waals surface area contributed by atoms with Crippen molar-refractivity contribution in [1.29, 1.82) is 0 Å². The third-order valence-corrected chi connectivity index (χ3v) is 3.44. The van der Waals surface area contributed by atoms with E-state index in [1.165, 1.54) is 13.2 Å². The van der Waals surface area contributed by atoms with E-state index in [1.807, 2.05) is 19.9 Å². The molecule has 84 valence electrons. The second-order valence-electron chi connectivity index (χ2n) is 3.47. The summed E-state index contributed by atoms with van der Waals surface area (Å²) in [4.78, 5) is 0.0258. The molecule has 0 aliphatic heterocycles. The third-order valence-electron chi connectivity index (χ3n) is 2.10. The van der Waals surface area contributed by atoms with E-state index in [0.29, 0.717) is 5.75 Å². The number of methoxy groups -OCH3 is 1. The number of halogens is 1. The Morgan fingerprint density at radius 2 is 1.93 bits per heavy atom. The zero-order valence-electron chi connectivity index (χ0n) is 8.82. The van der Waals surface area contributed by atoms with E-state index < -0.39 is 9.05 Å². The summed E-state index contributed by atoms with van der Waals surface area (Å²) in [6.07, 6.45) is 0. The highest BCUT2D eigenvalue weighted by Gasteiger charge is 2.20. The Morgan fingerprint density at radius 1 is 1.33 bits per heavy atom. The van der Waals surface area contributed by atoms with E-state index in [-0.39, 0.29) is 10.8 Å². The van der Waals surface area contributed by atoms with Gasteiger partial charge in [-0.25, -0.2) is 8.42 Å². The van der Waals surface area contributed by atoms with Gasteiger partial charge in [-0.05, 0) is 17.5 Å².